The van der Waals surface area contributed by atoms with Crippen LogP contribution in [0, 0.1) is 11.3 Å². The summed E-state index contributed by atoms with van der Waals surface area (Å²) in [6.07, 6.45) is -0.300. The van der Waals surface area contributed by atoms with Crippen molar-refractivity contribution in [1.29, 1.82) is 0 Å². The Morgan fingerprint density at radius 1 is 1.33 bits per heavy atom. The zero-order valence-corrected chi connectivity index (χ0v) is 12.1. The van der Waals surface area contributed by atoms with Crippen LogP contribution in [0.3, 0.4) is 0 Å². The van der Waals surface area contributed by atoms with Gasteiger partial charge in [0.1, 0.15) is 6.10 Å². The van der Waals surface area contributed by atoms with Crippen molar-refractivity contribution in [3.8, 4) is 0 Å². The Morgan fingerprint density at radius 2 is 1.94 bits per heavy atom. The van der Waals surface area contributed by atoms with Crippen LogP contribution >= 0.6 is 0 Å². The molecule has 0 saturated carbocycles. The monoisotopic (exact) mass is 256 g/mol. The third-order valence-electron chi connectivity index (χ3n) is 2.89. The quantitative estimate of drug-likeness (QED) is 0.876. The number of aromatic nitrogens is 2. The van der Waals surface area contributed by atoms with Crippen LogP contribution in [0.2, 0.25) is 0 Å². The molecule has 1 N–H and O–H groups in total. The van der Waals surface area contributed by atoms with Gasteiger partial charge in [-0.3, -0.25) is 0 Å². The molecule has 18 heavy (non-hydrogen) atoms. The Bertz CT molecular complexity index is 369. The van der Waals surface area contributed by atoms with E-state index in [1.807, 2.05) is 13.8 Å². The molecule has 0 radical (unpaired) electrons. The minimum atomic E-state index is -0.464. The summed E-state index contributed by atoms with van der Waals surface area (Å²) in [5.74, 6) is 1.16. The van der Waals surface area contributed by atoms with E-state index in [1.54, 1.807) is 7.11 Å². The molecular formula is C13H24N2O3. The van der Waals surface area contributed by atoms with Crippen LogP contribution in [-0.2, 0) is 11.2 Å². The number of ether oxygens (including phenoxy) is 1. The van der Waals surface area contributed by atoms with Gasteiger partial charge < -0.3 is 14.4 Å². The van der Waals surface area contributed by atoms with Crippen LogP contribution in [-0.4, -0.2) is 28.5 Å². The van der Waals surface area contributed by atoms with E-state index in [4.69, 9.17) is 9.26 Å². The van der Waals surface area contributed by atoms with E-state index in [0.29, 0.717) is 18.1 Å². The normalized spacial score (nSPS) is 16.0. The highest BCUT2D eigenvalue weighted by atomic mass is 16.5. The summed E-state index contributed by atoms with van der Waals surface area (Å²) in [5, 5.41) is 13.7. The van der Waals surface area contributed by atoms with Gasteiger partial charge in [0.25, 0.3) is 0 Å². The largest absolute Gasteiger partial charge is 0.392 e. The molecule has 0 aliphatic rings. The first-order chi connectivity index (χ1) is 8.25. The van der Waals surface area contributed by atoms with Crippen molar-refractivity contribution >= 4 is 0 Å². The van der Waals surface area contributed by atoms with E-state index in [-0.39, 0.29) is 17.4 Å². The maximum atomic E-state index is 9.79. The van der Waals surface area contributed by atoms with Crippen LogP contribution in [0.25, 0.3) is 0 Å². The summed E-state index contributed by atoms with van der Waals surface area (Å²) in [6.45, 7) is 10.1. The zero-order valence-electron chi connectivity index (χ0n) is 12.1. The van der Waals surface area contributed by atoms with Crippen LogP contribution in [0.4, 0.5) is 0 Å². The lowest BCUT2D eigenvalue weighted by Crippen LogP contribution is -2.21. The van der Waals surface area contributed by atoms with Gasteiger partial charge in [-0.25, -0.2) is 0 Å². The Labute approximate surface area is 109 Å². The number of nitrogens with zero attached hydrogens (tertiary/aromatic N) is 2. The molecule has 0 fully saturated rings. The molecule has 0 aliphatic carbocycles. The van der Waals surface area contributed by atoms with Crippen molar-refractivity contribution in [3.63, 3.8) is 0 Å². The third kappa shape index (κ3) is 3.78. The van der Waals surface area contributed by atoms with Gasteiger partial charge in [-0.05, 0) is 11.3 Å². The van der Waals surface area contributed by atoms with Crippen molar-refractivity contribution in [2.24, 2.45) is 11.3 Å². The summed E-state index contributed by atoms with van der Waals surface area (Å²) in [6, 6.07) is 0. The van der Waals surface area contributed by atoms with Crippen molar-refractivity contribution in [3.05, 3.63) is 11.7 Å². The fourth-order valence-electron chi connectivity index (χ4n) is 1.72. The Hall–Kier alpha value is -0.940. The Morgan fingerprint density at radius 3 is 2.39 bits per heavy atom. The van der Waals surface area contributed by atoms with E-state index >= 15 is 0 Å². The van der Waals surface area contributed by atoms with Gasteiger partial charge in [-0.15, -0.1) is 0 Å². The molecule has 0 amide bonds. The molecule has 104 valence electrons. The molecule has 0 aromatic carbocycles. The van der Waals surface area contributed by atoms with Gasteiger partial charge in [0, 0.05) is 7.11 Å². The highest BCUT2D eigenvalue weighted by Crippen LogP contribution is 2.33. The van der Waals surface area contributed by atoms with Gasteiger partial charge in [0.2, 0.25) is 11.7 Å². The molecule has 0 spiro atoms. The lowest BCUT2D eigenvalue weighted by Gasteiger charge is -2.26. The van der Waals surface area contributed by atoms with Gasteiger partial charge in [0.05, 0.1) is 12.5 Å². The first-order valence-electron chi connectivity index (χ1n) is 6.29. The van der Waals surface area contributed by atoms with Gasteiger partial charge in [-0.1, -0.05) is 39.8 Å². The molecule has 0 bridgehead atoms. The second-order valence-corrected chi connectivity index (χ2v) is 6.04. The second kappa shape index (κ2) is 5.80. The summed E-state index contributed by atoms with van der Waals surface area (Å²) < 4.78 is 10.6. The lowest BCUT2D eigenvalue weighted by molar-refractivity contribution is 0.00718. The third-order valence-corrected chi connectivity index (χ3v) is 2.89. The molecule has 1 heterocycles. The molecule has 0 saturated heterocycles. The van der Waals surface area contributed by atoms with Crippen molar-refractivity contribution in [2.75, 3.05) is 7.11 Å². The average Bonchev–Trinajstić information content (AvgIpc) is 2.64. The summed E-state index contributed by atoms with van der Waals surface area (Å²) in [7, 11) is 1.63. The van der Waals surface area contributed by atoms with E-state index in [0.717, 1.165) is 0 Å². The molecule has 1 rings (SSSR count). The standard InChI is InChI=1S/C13H24N2O3/c1-8(2)9(16)7-10-14-12(15-18-10)11(17-6)13(3,4)5/h8-9,11,16H,7H2,1-6H3. The van der Waals surface area contributed by atoms with E-state index in [2.05, 4.69) is 30.9 Å². The summed E-state index contributed by atoms with van der Waals surface area (Å²) in [5.41, 5.74) is -0.105. The Kier molecular flexibility index (Phi) is 4.87. The fraction of sp³-hybridized carbons (Fsp3) is 0.846. The van der Waals surface area contributed by atoms with Gasteiger partial charge >= 0.3 is 0 Å². The SMILES string of the molecule is COC(c1noc(CC(O)C(C)C)n1)C(C)(C)C. The molecule has 5 nitrogen and oxygen atoms in total. The number of hydrogen-bond donors (Lipinski definition) is 1. The van der Waals surface area contributed by atoms with Gasteiger partial charge in [0.15, 0.2) is 0 Å². The predicted octanol–water partition coefficient (Wildman–Crippen LogP) is 2.36. The highest BCUT2D eigenvalue weighted by molar-refractivity contribution is 4.97. The maximum Gasteiger partial charge on any atom is 0.229 e. The minimum absolute atomic E-state index is 0.105. The Balaban J connectivity index is 2.79. The fourth-order valence-corrected chi connectivity index (χ4v) is 1.72. The van der Waals surface area contributed by atoms with Crippen molar-refractivity contribution in [2.45, 2.75) is 53.2 Å². The zero-order chi connectivity index (χ0) is 13.9. The lowest BCUT2D eigenvalue weighted by atomic mass is 9.88. The van der Waals surface area contributed by atoms with Crippen molar-refractivity contribution < 1.29 is 14.4 Å². The molecular weight excluding hydrogens is 232 g/mol. The van der Waals surface area contributed by atoms with Crippen LogP contribution in [0.5, 0.6) is 0 Å². The van der Waals surface area contributed by atoms with E-state index in [1.165, 1.54) is 0 Å². The predicted molar refractivity (Wildman–Crippen MR) is 68.1 cm³/mol. The number of hydrogen-bond acceptors (Lipinski definition) is 5. The molecule has 5 heteroatoms. The van der Waals surface area contributed by atoms with Crippen LogP contribution in [0.1, 0.15) is 52.4 Å². The number of methoxy groups -OCH3 is 1. The summed E-state index contributed by atoms with van der Waals surface area (Å²) >= 11 is 0. The molecule has 2 unspecified atom stereocenters. The second-order valence-electron chi connectivity index (χ2n) is 6.04. The van der Waals surface area contributed by atoms with Crippen molar-refractivity contribution in [1.82, 2.24) is 10.1 Å². The topological polar surface area (TPSA) is 68.4 Å². The molecule has 0 aliphatic heterocycles. The first kappa shape index (κ1) is 15.1. The number of aliphatic hydroxyl groups excluding tert-OH is 1. The first-order valence-corrected chi connectivity index (χ1v) is 6.29. The van der Waals surface area contributed by atoms with Crippen LogP contribution < -0.4 is 0 Å². The van der Waals surface area contributed by atoms with E-state index in [9.17, 15) is 5.11 Å². The highest BCUT2D eigenvalue weighted by Gasteiger charge is 2.30. The summed E-state index contributed by atoms with van der Waals surface area (Å²) in [4.78, 5) is 4.31. The van der Waals surface area contributed by atoms with Crippen LogP contribution in [0.15, 0.2) is 4.52 Å². The molecule has 1 aromatic rings. The maximum absolute atomic E-state index is 9.79. The van der Waals surface area contributed by atoms with E-state index < -0.39 is 6.10 Å². The molecule has 1 aromatic heterocycles. The smallest absolute Gasteiger partial charge is 0.229 e. The average molecular weight is 256 g/mol. The number of rotatable bonds is 5. The minimum Gasteiger partial charge on any atom is -0.392 e. The van der Waals surface area contributed by atoms with Gasteiger partial charge in [-0.2, -0.15) is 4.98 Å². The molecule has 2 atom stereocenters. The number of aliphatic hydroxyl groups is 1.